The number of nitrogens with one attached hydrogen (secondary N) is 1. The molecule has 0 amide bonds. The van der Waals surface area contributed by atoms with Gasteiger partial charge in [-0.1, -0.05) is 35.9 Å². The summed E-state index contributed by atoms with van der Waals surface area (Å²) in [4.78, 5) is 21.2. The molecule has 0 aliphatic heterocycles. The second-order valence-electron chi connectivity index (χ2n) is 6.84. The molecule has 30 heavy (non-hydrogen) atoms. The number of nitrogens with zero attached hydrogens (tertiary/aromatic N) is 2. The number of para-hydroxylation sites is 1. The molecule has 1 N–H and O–H groups in total. The van der Waals surface area contributed by atoms with Crippen molar-refractivity contribution in [3.05, 3.63) is 94.3 Å². The average molecular weight is 424 g/mol. The van der Waals surface area contributed by atoms with Gasteiger partial charge in [-0.3, -0.25) is 4.79 Å². The fraction of sp³-hybridized carbons (Fsp3) is 0.0870. The van der Waals surface area contributed by atoms with Crippen LogP contribution in [0.4, 0.5) is 20.3 Å². The van der Waals surface area contributed by atoms with Crippen molar-refractivity contribution >= 4 is 39.8 Å². The predicted octanol–water partition coefficient (Wildman–Crippen LogP) is 6.04. The number of aromatic nitrogens is 2. The SMILES string of the molecule is Cc1ccc(F)c(Nc2ncnc3c(CC(=O)c4c(F)cccc4Cl)cccc23)c1. The van der Waals surface area contributed by atoms with Gasteiger partial charge >= 0.3 is 0 Å². The van der Waals surface area contributed by atoms with E-state index in [1.165, 1.54) is 30.6 Å². The zero-order valence-electron chi connectivity index (χ0n) is 15.9. The van der Waals surface area contributed by atoms with E-state index in [0.29, 0.717) is 22.3 Å². The van der Waals surface area contributed by atoms with Crippen LogP contribution < -0.4 is 5.32 Å². The van der Waals surface area contributed by atoms with Gasteiger partial charge < -0.3 is 5.32 Å². The van der Waals surface area contributed by atoms with Gasteiger partial charge in [0.2, 0.25) is 0 Å². The lowest BCUT2D eigenvalue weighted by atomic mass is 10.00. The first-order valence-corrected chi connectivity index (χ1v) is 9.55. The first-order valence-electron chi connectivity index (χ1n) is 9.17. The second-order valence-corrected chi connectivity index (χ2v) is 7.25. The summed E-state index contributed by atoms with van der Waals surface area (Å²) in [7, 11) is 0. The van der Waals surface area contributed by atoms with Gasteiger partial charge in [-0.25, -0.2) is 18.7 Å². The summed E-state index contributed by atoms with van der Waals surface area (Å²) in [6, 6.07) is 14.1. The number of rotatable bonds is 5. The smallest absolute Gasteiger partial charge is 0.171 e. The Hall–Kier alpha value is -3.38. The highest BCUT2D eigenvalue weighted by Crippen LogP contribution is 2.28. The Morgan fingerprint density at radius 2 is 1.83 bits per heavy atom. The number of benzene rings is 3. The van der Waals surface area contributed by atoms with E-state index in [0.717, 1.165) is 5.56 Å². The Labute approximate surface area is 176 Å². The van der Waals surface area contributed by atoms with Crippen molar-refractivity contribution in [2.24, 2.45) is 0 Å². The highest BCUT2D eigenvalue weighted by atomic mass is 35.5. The number of carbonyl (C=O) groups is 1. The lowest BCUT2D eigenvalue weighted by molar-refractivity contribution is 0.0989. The molecule has 7 heteroatoms. The maximum Gasteiger partial charge on any atom is 0.171 e. The van der Waals surface area contributed by atoms with Crippen molar-refractivity contribution in [1.29, 1.82) is 0 Å². The molecule has 0 atom stereocenters. The number of hydrogen-bond donors (Lipinski definition) is 1. The van der Waals surface area contributed by atoms with Gasteiger partial charge in [0.25, 0.3) is 0 Å². The van der Waals surface area contributed by atoms with Crippen molar-refractivity contribution in [1.82, 2.24) is 9.97 Å². The first-order chi connectivity index (χ1) is 14.4. The van der Waals surface area contributed by atoms with E-state index in [1.807, 2.05) is 6.92 Å². The Bertz CT molecular complexity index is 1260. The molecule has 0 saturated heterocycles. The van der Waals surface area contributed by atoms with Crippen molar-refractivity contribution in [2.45, 2.75) is 13.3 Å². The summed E-state index contributed by atoms with van der Waals surface area (Å²) in [6.45, 7) is 1.86. The zero-order valence-corrected chi connectivity index (χ0v) is 16.7. The molecule has 0 spiro atoms. The average Bonchev–Trinajstić information content (AvgIpc) is 2.71. The molecule has 0 radical (unpaired) electrons. The van der Waals surface area contributed by atoms with Gasteiger partial charge in [0.1, 0.15) is 23.8 Å². The van der Waals surface area contributed by atoms with Crippen LogP contribution in [0.2, 0.25) is 5.02 Å². The lowest BCUT2D eigenvalue weighted by Crippen LogP contribution is -2.08. The Balaban J connectivity index is 1.72. The first kappa shape index (κ1) is 19.9. The van der Waals surface area contributed by atoms with Gasteiger partial charge in [-0.2, -0.15) is 0 Å². The van der Waals surface area contributed by atoms with E-state index >= 15 is 0 Å². The van der Waals surface area contributed by atoms with Crippen molar-refractivity contribution < 1.29 is 13.6 Å². The molecule has 0 bridgehead atoms. The molecule has 4 aromatic rings. The number of carbonyl (C=O) groups excluding carboxylic acids is 1. The van der Waals surface area contributed by atoms with Crippen LogP contribution in [0.1, 0.15) is 21.5 Å². The molecule has 4 rings (SSSR count). The molecule has 1 heterocycles. The van der Waals surface area contributed by atoms with Crippen LogP contribution >= 0.6 is 11.6 Å². The molecule has 3 aromatic carbocycles. The highest BCUT2D eigenvalue weighted by molar-refractivity contribution is 6.34. The highest BCUT2D eigenvalue weighted by Gasteiger charge is 2.18. The summed E-state index contributed by atoms with van der Waals surface area (Å²) >= 11 is 6.02. The van der Waals surface area contributed by atoms with Gasteiger partial charge in [0, 0.05) is 11.8 Å². The molecule has 1 aromatic heterocycles. The van der Waals surface area contributed by atoms with E-state index in [2.05, 4.69) is 15.3 Å². The maximum atomic E-state index is 14.2. The molecule has 0 saturated carbocycles. The largest absolute Gasteiger partial charge is 0.337 e. The number of ketones is 1. The number of Topliss-reactive ketones (excluding diaryl/α,β-unsaturated/α-hetero) is 1. The van der Waals surface area contributed by atoms with Crippen LogP contribution in [-0.4, -0.2) is 15.8 Å². The topological polar surface area (TPSA) is 54.9 Å². The van der Waals surface area contributed by atoms with Gasteiger partial charge in [0.05, 0.1) is 21.8 Å². The Kier molecular flexibility index (Phi) is 5.42. The van der Waals surface area contributed by atoms with Crippen molar-refractivity contribution in [3.63, 3.8) is 0 Å². The second kappa shape index (κ2) is 8.16. The number of aryl methyl sites for hydroxylation is 1. The summed E-state index contributed by atoms with van der Waals surface area (Å²) in [5.41, 5.74) is 2.14. The third-order valence-corrected chi connectivity index (χ3v) is 5.03. The number of hydrogen-bond acceptors (Lipinski definition) is 4. The normalized spacial score (nSPS) is 10.9. The summed E-state index contributed by atoms with van der Waals surface area (Å²) in [5.74, 6) is -1.13. The van der Waals surface area contributed by atoms with Crippen LogP contribution in [-0.2, 0) is 6.42 Å². The summed E-state index contributed by atoms with van der Waals surface area (Å²) < 4.78 is 28.3. The maximum absolute atomic E-state index is 14.2. The lowest BCUT2D eigenvalue weighted by Gasteiger charge is -2.12. The molecule has 0 aliphatic rings. The number of halogens is 3. The van der Waals surface area contributed by atoms with Crippen LogP contribution in [0.3, 0.4) is 0 Å². The van der Waals surface area contributed by atoms with E-state index in [-0.39, 0.29) is 22.7 Å². The summed E-state index contributed by atoms with van der Waals surface area (Å²) in [5, 5.41) is 3.67. The van der Waals surface area contributed by atoms with Gasteiger partial charge in [-0.15, -0.1) is 0 Å². The zero-order chi connectivity index (χ0) is 21.3. The van der Waals surface area contributed by atoms with E-state index in [4.69, 9.17) is 11.6 Å². The third kappa shape index (κ3) is 3.86. The molecule has 0 aliphatic carbocycles. The van der Waals surface area contributed by atoms with Gasteiger partial charge in [0.15, 0.2) is 5.78 Å². The molecule has 150 valence electrons. The minimum atomic E-state index is -0.667. The van der Waals surface area contributed by atoms with Crippen LogP contribution in [0, 0.1) is 18.6 Å². The van der Waals surface area contributed by atoms with Crippen LogP contribution in [0.5, 0.6) is 0 Å². The van der Waals surface area contributed by atoms with Gasteiger partial charge in [-0.05, 0) is 48.4 Å². The molecular formula is C23H16ClF2N3O. The quantitative estimate of drug-likeness (QED) is 0.398. The van der Waals surface area contributed by atoms with E-state index < -0.39 is 17.4 Å². The Morgan fingerprint density at radius 1 is 1.03 bits per heavy atom. The van der Waals surface area contributed by atoms with Crippen molar-refractivity contribution in [2.75, 3.05) is 5.32 Å². The standard InChI is InChI=1S/C23H16ClF2N3O/c1-13-8-9-17(25)19(10-13)29-23-15-5-2-4-14(22(15)27-12-28-23)11-20(30)21-16(24)6-3-7-18(21)26/h2-10,12H,11H2,1H3,(H,27,28,29). The van der Waals surface area contributed by atoms with Crippen LogP contribution in [0.25, 0.3) is 10.9 Å². The molecular weight excluding hydrogens is 408 g/mol. The monoisotopic (exact) mass is 423 g/mol. The number of fused-ring (bicyclic) bond motifs is 1. The van der Waals surface area contributed by atoms with Crippen molar-refractivity contribution in [3.8, 4) is 0 Å². The summed E-state index contributed by atoms with van der Waals surface area (Å²) in [6.07, 6.45) is 1.25. The fourth-order valence-electron chi connectivity index (χ4n) is 3.28. The Morgan fingerprint density at radius 3 is 2.63 bits per heavy atom. The number of anilines is 2. The van der Waals surface area contributed by atoms with E-state index in [1.54, 1.807) is 30.3 Å². The van der Waals surface area contributed by atoms with Crippen LogP contribution in [0.15, 0.2) is 60.9 Å². The predicted molar refractivity (Wildman–Crippen MR) is 113 cm³/mol. The fourth-order valence-corrected chi connectivity index (χ4v) is 3.55. The molecule has 0 unspecified atom stereocenters. The molecule has 0 fully saturated rings. The van der Waals surface area contributed by atoms with E-state index in [9.17, 15) is 13.6 Å². The molecule has 4 nitrogen and oxygen atoms in total. The minimum Gasteiger partial charge on any atom is -0.337 e. The third-order valence-electron chi connectivity index (χ3n) is 4.72. The minimum absolute atomic E-state index is 0.0622.